The SMILES string of the molecule is Cc1oc(=O)oc1CN(CC(C)C)[C@@H](C)C(=O)O.Cl. The number of halogens is 1. The van der Waals surface area contributed by atoms with Crippen LogP contribution in [0.3, 0.4) is 0 Å². The summed E-state index contributed by atoms with van der Waals surface area (Å²) in [5.74, 6) is -0.569. The lowest BCUT2D eigenvalue weighted by atomic mass is 10.1. The maximum absolute atomic E-state index is 11.0. The zero-order chi connectivity index (χ0) is 13.9. The lowest BCUT2D eigenvalue weighted by Crippen LogP contribution is -2.40. The van der Waals surface area contributed by atoms with Crippen LogP contribution in [0.4, 0.5) is 0 Å². The van der Waals surface area contributed by atoms with Gasteiger partial charge in [-0.25, -0.2) is 4.79 Å². The second kappa shape index (κ2) is 7.35. The molecule has 1 heterocycles. The number of carbonyl (C=O) groups is 1. The number of aryl methyl sites for hydroxylation is 1. The van der Waals surface area contributed by atoms with Crippen LogP contribution in [0, 0.1) is 12.8 Å². The normalized spacial score (nSPS) is 12.5. The molecule has 19 heavy (non-hydrogen) atoms. The third kappa shape index (κ3) is 5.08. The second-order valence-corrected chi connectivity index (χ2v) is 4.77. The molecule has 0 aliphatic carbocycles. The van der Waals surface area contributed by atoms with Crippen molar-refractivity contribution in [1.29, 1.82) is 0 Å². The van der Waals surface area contributed by atoms with Crippen LogP contribution in [0.15, 0.2) is 13.6 Å². The standard InChI is InChI=1S/C12H19NO5.ClH/c1-7(2)5-13(8(3)11(14)15)6-10-9(4)17-12(16)18-10;/h7-8H,5-6H2,1-4H3,(H,14,15);1H/t8-;/m0./s1. The van der Waals surface area contributed by atoms with E-state index in [-0.39, 0.29) is 19.0 Å². The molecule has 0 radical (unpaired) electrons. The first-order valence-electron chi connectivity index (χ1n) is 5.87. The van der Waals surface area contributed by atoms with Gasteiger partial charge >= 0.3 is 11.8 Å². The Balaban J connectivity index is 0.00000324. The number of rotatable bonds is 6. The highest BCUT2D eigenvalue weighted by atomic mass is 35.5. The van der Waals surface area contributed by atoms with Gasteiger partial charge in [-0.05, 0) is 19.8 Å². The summed E-state index contributed by atoms with van der Waals surface area (Å²) in [6, 6.07) is -0.646. The van der Waals surface area contributed by atoms with Crippen molar-refractivity contribution in [1.82, 2.24) is 4.90 Å². The smallest absolute Gasteiger partial charge is 0.480 e. The van der Waals surface area contributed by atoms with Crippen LogP contribution in [0.5, 0.6) is 0 Å². The molecule has 0 unspecified atom stereocenters. The average molecular weight is 294 g/mol. The second-order valence-electron chi connectivity index (χ2n) is 4.77. The van der Waals surface area contributed by atoms with Crippen LogP contribution in [0.1, 0.15) is 32.3 Å². The molecule has 0 fully saturated rings. The van der Waals surface area contributed by atoms with Crippen LogP contribution in [0.25, 0.3) is 0 Å². The summed E-state index contributed by atoms with van der Waals surface area (Å²) in [4.78, 5) is 23.7. The predicted octanol–water partition coefficient (Wildman–Crippen LogP) is 1.89. The van der Waals surface area contributed by atoms with E-state index in [0.717, 1.165) is 0 Å². The number of carboxylic acid groups (broad SMARTS) is 1. The van der Waals surface area contributed by atoms with Gasteiger partial charge in [0, 0.05) is 6.54 Å². The van der Waals surface area contributed by atoms with E-state index in [1.54, 1.807) is 18.7 Å². The van der Waals surface area contributed by atoms with Crippen molar-refractivity contribution in [2.24, 2.45) is 5.92 Å². The summed E-state index contributed by atoms with van der Waals surface area (Å²) in [5, 5.41) is 9.06. The number of carboxylic acids is 1. The van der Waals surface area contributed by atoms with Crippen molar-refractivity contribution in [3.63, 3.8) is 0 Å². The zero-order valence-electron chi connectivity index (χ0n) is 11.5. The molecule has 1 rings (SSSR count). The summed E-state index contributed by atoms with van der Waals surface area (Å²) in [7, 11) is 0. The molecule has 1 aromatic rings. The fourth-order valence-corrected chi connectivity index (χ4v) is 1.69. The topological polar surface area (TPSA) is 83.9 Å². The van der Waals surface area contributed by atoms with Gasteiger partial charge < -0.3 is 13.9 Å². The van der Waals surface area contributed by atoms with Crippen LogP contribution in [-0.4, -0.2) is 28.6 Å². The van der Waals surface area contributed by atoms with Gasteiger partial charge in [0.05, 0.1) is 6.54 Å². The Kier molecular flexibility index (Phi) is 6.86. The molecule has 0 saturated carbocycles. The fourth-order valence-electron chi connectivity index (χ4n) is 1.69. The van der Waals surface area contributed by atoms with Crippen molar-refractivity contribution >= 4 is 18.4 Å². The highest BCUT2D eigenvalue weighted by molar-refractivity contribution is 5.85. The molecule has 1 aromatic heterocycles. The molecular formula is C12H20ClNO5. The Hall–Kier alpha value is -1.27. The van der Waals surface area contributed by atoms with Gasteiger partial charge in [-0.3, -0.25) is 9.69 Å². The Labute approximate surface area is 117 Å². The van der Waals surface area contributed by atoms with Crippen molar-refractivity contribution in [2.45, 2.75) is 40.3 Å². The van der Waals surface area contributed by atoms with E-state index >= 15 is 0 Å². The Morgan fingerprint density at radius 2 is 1.89 bits per heavy atom. The molecule has 6 nitrogen and oxygen atoms in total. The van der Waals surface area contributed by atoms with Crippen LogP contribution in [-0.2, 0) is 11.3 Å². The molecule has 0 aliphatic rings. The third-order valence-electron chi connectivity index (χ3n) is 2.69. The van der Waals surface area contributed by atoms with Crippen molar-refractivity contribution in [3.8, 4) is 0 Å². The molecule has 1 atom stereocenters. The Bertz CT molecular complexity index is 465. The lowest BCUT2D eigenvalue weighted by molar-refractivity contribution is -0.143. The Morgan fingerprint density at radius 1 is 1.32 bits per heavy atom. The Morgan fingerprint density at radius 3 is 2.26 bits per heavy atom. The van der Waals surface area contributed by atoms with E-state index in [4.69, 9.17) is 13.9 Å². The number of hydrogen-bond acceptors (Lipinski definition) is 5. The minimum Gasteiger partial charge on any atom is -0.480 e. The van der Waals surface area contributed by atoms with Gasteiger partial charge in [-0.1, -0.05) is 13.8 Å². The van der Waals surface area contributed by atoms with Gasteiger partial charge in [0.1, 0.15) is 11.8 Å². The molecule has 1 N–H and O–H groups in total. The van der Waals surface area contributed by atoms with Gasteiger partial charge in [0.25, 0.3) is 0 Å². The minimum absolute atomic E-state index is 0. The number of nitrogens with zero attached hydrogens (tertiary/aromatic N) is 1. The minimum atomic E-state index is -0.904. The van der Waals surface area contributed by atoms with E-state index in [1.807, 2.05) is 13.8 Å². The van der Waals surface area contributed by atoms with Crippen molar-refractivity contribution in [2.75, 3.05) is 6.54 Å². The molecule has 0 spiro atoms. The highest BCUT2D eigenvalue weighted by Gasteiger charge is 2.24. The fraction of sp³-hybridized carbons (Fsp3) is 0.667. The molecule has 7 heteroatoms. The number of aliphatic carboxylic acids is 1. The van der Waals surface area contributed by atoms with Crippen LogP contribution in [0.2, 0.25) is 0 Å². The van der Waals surface area contributed by atoms with E-state index < -0.39 is 17.8 Å². The van der Waals surface area contributed by atoms with Crippen molar-refractivity contribution < 1.29 is 18.7 Å². The maximum atomic E-state index is 11.0. The van der Waals surface area contributed by atoms with Gasteiger partial charge in [-0.2, -0.15) is 0 Å². The van der Waals surface area contributed by atoms with Gasteiger partial charge in [0.15, 0.2) is 5.76 Å². The lowest BCUT2D eigenvalue weighted by Gasteiger charge is -2.26. The summed E-state index contributed by atoms with van der Waals surface area (Å²) < 4.78 is 9.66. The zero-order valence-corrected chi connectivity index (χ0v) is 12.3. The van der Waals surface area contributed by atoms with E-state index in [0.29, 0.717) is 24.0 Å². The first-order valence-corrected chi connectivity index (χ1v) is 5.87. The first kappa shape index (κ1) is 17.7. The molecule has 0 saturated heterocycles. The maximum Gasteiger partial charge on any atom is 0.519 e. The van der Waals surface area contributed by atoms with E-state index in [9.17, 15) is 9.59 Å². The van der Waals surface area contributed by atoms with Gasteiger partial charge in [-0.15, -0.1) is 12.4 Å². The molecular weight excluding hydrogens is 274 g/mol. The van der Waals surface area contributed by atoms with E-state index in [2.05, 4.69) is 0 Å². The molecule has 0 aromatic carbocycles. The first-order chi connectivity index (χ1) is 8.31. The highest BCUT2D eigenvalue weighted by Crippen LogP contribution is 2.13. The molecule has 0 aliphatic heterocycles. The van der Waals surface area contributed by atoms with E-state index in [1.165, 1.54) is 0 Å². The summed E-state index contributed by atoms with van der Waals surface area (Å²) in [5.41, 5.74) is 0. The summed E-state index contributed by atoms with van der Waals surface area (Å²) in [6.07, 6.45) is 0. The third-order valence-corrected chi connectivity index (χ3v) is 2.69. The largest absolute Gasteiger partial charge is 0.519 e. The quantitative estimate of drug-likeness (QED) is 0.862. The van der Waals surface area contributed by atoms with Gasteiger partial charge in [0.2, 0.25) is 0 Å². The average Bonchev–Trinajstić information content (AvgIpc) is 2.54. The predicted molar refractivity (Wildman–Crippen MR) is 71.6 cm³/mol. The molecule has 0 amide bonds. The molecule has 0 bridgehead atoms. The van der Waals surface area contributed by atoms with Crippen LogP contribution >= 0.6 is 12.4 Å². The molecule has 110 valence electrons. The van der Waals surface area contributed by atoms with Crippen LogP contribution < -0.4 is 5.82 Å². The summed E-state index contributed by atoms with van der Waals surface area (Å²) >= 11 is 0. The van der Waals surface area contributed by atoms with Crippen molar-refractivity contribution in [3.05, 3.63) is 22.1 Å². The monoisotopic (exact) mass is 293 g/mol. The summed E-state index contributed by atoms with van der Waals surface area (Å²) in [6.45, 7) is 8.09. The number of hydrogen-bond donors (Lipinski definition) is 1.